The zero-order chi connectivity index (χ0) is 10.6. The van der Waals surface area contributed by atoms with E-state index >= 15 is 0 Å². The first-order valence-corrected chi connectivity index (χ1v) is 4.84. The molecule has 0 radical (unpaired) electrons. The van der Waals surface area contributed by atoms with E-state index in [0.717, 1.165) is 12.8 Å². The van der Waals surface area contributed by atoms with Gasteiger partial charge in [-0.25, -0.2) is 4.79 Å². The Morgan fingerprint density at radius 1 is 1.57 bits per heavy atom. The molecule has 1 rings (SSSR count). The van der Waals surface area contributed by atoms with Crippen LogP contribution in [0.4, 0.5) is 4.79 Å². The highest BCUT2D eigenvalue weighted by Crippen LogP contribution is 2.22. The Bertz CT molecular complexity index is 200. The minimum atomic E-state index is -0.306. The van der Waals surface area contributed by atoms with Gasteiger partial charge in [0, 0.05) is 25.2 Å². The van der Waals surface area contributed by atoms with Crippen molar-refractivity contribution < 1.29 is 14.6 Å². The minimum Gasteiger partial charge on any atom is -0.453 e. The fourth-order valence-electron chi connectivity index (χ4n) is 1.74. The summed E-state index contributed by atoms with van der Waals surface area (Å²) in [6.45, 7) is 1.33. The van der Waals surface area contributed by atoms with Gasteiger partial charge in [-0.15, -0.1) is 0 Å². The van der Waals surface area contributed by atoms with Crippen molar-refractivity contribution in [1.82, 2.24) is 4.90 Å². The summed E-state index contributed by atoms with van der Waals surface area (Å²) in [5.74, 6) is 0. The number of nitrogens with two attached hydrogens (primary N) is 1. The maximum Gasteiger partial charge on any atom is 0.409 e. The van der Waals surface area contributed by atoms with Crippen molar-refractivity contribution in [2.24, 2.45) is 5.73 Å². The van der Waals surface area contributed by atoms with Crippen LogP contribution < -0.4 is 5.73 Å². The quantitative estimate of drug-likeness (QED) is 0.657. The third-order valence-corrected chi connectivity index (χ3v) is 2.80. The molecule has 1 fully saturated rings. The highest BCUT2D eigenvalue weighted by atomic mass is 16.5. The molecule has 82 valence electrons. The second kappa shape index (κ2) is 4.61. The minimum absolute atomic E-state index is 0.106. The summed E-state index contributed by atoms with van der Waals surface area (Å²) < 4.78 is 4.61. The van der Waals surface area contributed by atoms with Crippen LogP contribution in [0.3, 0.4) is 0 Å². The average Bonchev–Trinajstić information content (AvgIpc) is 2.18. The van der Waals surface area contributed by atoms with Gasteiger partial charge in [-0.1, -0.05) is 0 Å². The summed E-state index contributed by atoms with van der Waals surface area (Å²) in [6.07, 6.45) is 1.75. The summed E-state index contributed by atoms with van der Waals surface area (Å²) in [6, 6.07) is 0. The normalized spacial score (nSPS) is 20.6. The highest BCUT2D eigenvalue weighted by molar-refractivity contribution is 5.67. The monoisotopic (exact) mass is 202 g/mol. The summed E-state index contributed by atoms with van der Waals surface area (Å²) in [5.41, 5.74) is 5.73. The van der Waals surface area contributed by atoms with Gasteiger partial charge < -0.3 is 20.5 Å². The molecule has 0 atom stereocenters. The summed E-state index contributed by atoms with van der Waals surface area (Å²) in [5, 5.41) is 8.82. The lowest BCUT2D eigenvalue weighted by Gasteiger charge is -2.38. The lowest BCUT2D eigenvalue weighted by molar-refractivity contribution is 0.0940. The standard InChI is InChI=1S/C9H18N2O3/c1-14-8(13)11-5-2-9(10,3-6-11)4-7-12/h12H,2-7,10H2,1H3. The van der Waals surface area contributed by atoms with Gasteiger partial charge in [0.2, 0.25) is 0 Å². The first kappa shape index (κ1) is 11.3. The van der Waals surface area contributed by atoms with Gasteiger partial charge >= 0.3 is 6.09 Å². The number of hydrogen-bond acceptors (Lipinski definition) is 4. The van der Waals surface area contributed by atoms with E-state index in [4.69, 9.17) is 10.8 Å². The number of piperidine rings is 1. The van der Waals surface area contributed by atoms with E-state index in [1.54, 1.807) is 4.90 Å². The maximum atomic E-state index is 11.1. The van der Waals surface area contributed by atoms with Crippen molar-refractivity contribution in [3.63, 3.8) is 0 Å². The molecule has 0 aliphatic carbocycles. The number of likely N-dealkylation sites (tertiary alicyclic amines) is 1. The third-order valence-electron chi connectivity index (χ3n) is 2.80. The van der Waals surface area contributed by atoms with Crippen molar-refractivity contribution in [2.75, 3.05) is 26.8 Å². The molecule has 1 heterocycles. The molecule has 0 bridgehead atoms. The molecule has 0 spiro atoms. The second-order valence-electron chi connectivity index (χ2n) is 3.79. The van der Waals surface area contributed by atoms with Crippen molar-refractivity contribution in [2.45, 2.75) is 24.8 Å². The summed E-state index contributed by atoms with van der Waals surface area (Å²) in [7, 11) is 1.38. The van der Waals surface area contributed by atoms with Crippen LogP contribution in [0.15, 0.2) is 0 Å². The number of methoxy groups -OCH3 is 1. The van der Waals surface area contributed by atoms with Crippen LogP contribution in [0.5, 0.6) is 0 Å². The van der Waals surface area contributed by atoms with E-state index in [9.17, 15) is 4.79 Å². The van der Waals surface area contributed by atoms with Crippen LogP contribution in [0.2, 0.25) is 0 Å². The predicted molar refractivity (Wildman–Crippen MR) is 51.8 cm³/mol. The third kappa shape index (κ3) is 2.59. The fourth-order valence-corrected chi connectivity index (χ4v) is 1.74. The van der Waals surface area contributed by atoms with Gasteiger partial charge in [0.15, 0.2) is 0 Å². The molecule has 0 aromatic heterocycles. The zero-order valence-corrected chi connectivity index (χ0v) is 8.53. The largest absolute Gasteiger partial charge is 0.453 e. The first-order valence-electron chi connectivity index (χ1n) is 4.84. The van der Waals surface area contributed by atoms with E-state index in [2.05, 4.69) is 4.74 Å². The van der Waals surface area contributed by atoms with Crippen LogP contribution in [0.1, 0.15) is 19.3 Å². The fraction of sp³-hybridized carbons (Fsp3) is 0.889. The molecule has 1 aliphatic rings. The smallest absolute Gasteiger partial charge is 0.409 e. The van der Waals surface area contributed by atoms with Gasteiger partial charge in [-0.3, -0.25) is 0 Å². The van der Waals surface area contributed by atoms with Crippen LogP contribution in [-0.2, 0) is 4.74 Å². The van der Waals surface area contributed by atoms with Crippen molar-refractivity contribution in [3.8, 4) is 0 Å². The van der Waals surface area contributed by atoms with Crippen molar-refractivity contribution in [1.29, 1.82) is 0 Å². The van der Waals surface area contributed by atoms with E-state index in [1.165, 1.54) is 7.11 Å². The second-order valence-corrected chi connectivity index (χ2v) is 3.79. The molecule has 1 saturated heterocycles. The Morgan fingerprint density at radius 2 is 2.14 bits per heavy atom. The van der Waals surface area contributed by atoms with Crippen LogP contribution in [0, 0.1) is 0 Å². The molecule has 3 N–H and O–H groups in total. The number of hydrogen-bond donors (Lipinski definition) is 2. The van der Waals surface area contributed by atoms with Gasteiger partial charge in [-0.05, 0) is 19.3 Å². The molecular formula is C9H18N2O3. The molecule has 1 aliphatic heterocycles. The van der Waals surface area contributed by atoms with E-state index in [1.807, 2.05) is 0 Å². The number of carbonyl (C=O) groups is 1. The number of aliphatic hydroxyl groups excluding tert-OH is 1. The number of ether oxygens (including phenoxy) is 1. The molecule has 5 heteroatoms. The lowest BCUT2D eigenvalue weighted by Crippen LogP contribution is -2.52. The number of nitrogens with zero attached hydrogens (tertiary/aromatic N) is 1. The van der Waals surface area contributed by atoms with Gasteiger partial charge in [0.25, 0.3) is 0 Å². The van der Waals surface area contributed by atoms with Crippen molar-refractivity contribution in [3.05, 3.63) is 0 Å². The molecule has 0 saturated carbocycles. The molecule has 0 aromatic carbocycles. The van der Waals surface area contributed by atoms with Crippen LogP contribution >= 0.6 is 0 Å². The Kier molecular flexibility index (Phi) is 3.71. The number of rotatable bonds is 2. The zero-order valence-electron chi connectivity index (χ0n) is 8.53. The Labute approximate surface area is 83.8 Å². The highest BCUT2D eigenvalue weighted by Gasteiger charge is 2.32. The molecule has 0 aromatic rings. The van der Waals surface area contributed by atoms with Gasteiger partial charge in [-0.2, -0.15) is 0 Å². The topological polar surface area (TPSA) is 75.8 Å². The molecule has 0 unspecified atom stereocenters. The lowest BCUT2D eigenvalue weighted by atomic mass is 9.86. The van der Waals surface area contributed by atoms with Crippen LogP contribution in [-0.4, -0.2) is 48.4 Å². The number of carbonyl (C=O) groups excluding carboxylic acids is 1. The van der Waals surface area contributed by atoms with Crippen LogP contribution in [0.25, 0.3) is 0 Å². The summed E-state index contributed by atoms with van der Waals surface area (Å²) in [4.78, 5) is 12.8. The molecular weight excluding hydrogens is 184 g/mol. The average molecular weight is 202 g/mol. The van der Waals surface area contributed by atoms with E-state index in [-0.39, 0.29) is 18.2 Å². The van der Waals surface area contributed by atoms with Crippen molar-refractivity contribution >= 4 is 6.09 Å². The molecule has 5 nitrogen and oxygen atoms in total. The molecule has 14 heavy (non-hydrogen) atoms. The first-order chi connectivity index (χ1) is 6.61. The van der Waals surface area contributed by atoms with Gasteiger partial charge in [0.1, 0.15) is 0 Å². The Hall–Kier alpha value is -0.810. The summed E-state index contributed by atoms with van der Waals surface area (Å²) >= 11 is 0. The number of amides is 1. The Morgan fingerprint density at radius 3 is 2.57 bits per heavy atom. The maximum absolute atomic E-state index is 11.1. The Balaban J connectivity index is 2.41. The van der Waals surface area contributed by atoms with E-state index < -0.39 is 0 Å². The number of aliphatic hydroxyl groups is 1. The SMILES string of the molecule is COC(=O)N1CCC(N)(CCO)CC1. The molecule has 1 amide bonds. The predicted octanol–water partition coefficient (Wildman–Crippen LogP) is -0.0715. The van der Waals surface area contributed by atoms with Gasteiger partial charge in [0.05, 0.1) is 7.11 Å². The van der Waals surface area contributed by atoms with E-state index in [0.29, 0.717) is 19.5 Å².